The zero-order valence-corrected chi connectivity index (χ0v) is 12.5. The molecule has 0 atom stereocenters. The monoisotopic (exact) mass is 320 g/mol. The standard InChI is InChI=1S/C14H16N4O5/c1-16-6-8-17(9-7-16)10-15-14(20)23-13(19)11-2-4-12(5-3-11)18(21)22/h2-5,10H,6-9H2,1H3/b15-10-. The number of ether oxygens (including phenoxy) is 1. The second-order valence-corrected chi connectivity index (χ2v) is 5.04. The van der Waals surface area contributed by atoms with Crippen LogP contribution in [-0.4, -0.2) is 66.4 Å². The number of likely N-dealkylation sites (N-methyl/N-ethyl adjacent to an activating group) is 1. The number of nitro groups is 1. The number of piperazine rings is 1. The van der Waals surface area contributed by atoms with Gasteiger partial charge in [0, 0.05) is 38.3 Å². The van der Waals surface area contributed by atoms with Crippen LogP contribution in [0.5, 0.6) is 0 Å². The maximum absolute atomic E-state index is 11.7. The Hall–Kier alpha value is -2.81. The van der Waals surface area contributed by atoms with Crippen molar-refractivity contribution in [2.75, 3.05) is 33.2 Å². The summed E-state index contributed by atoms with van der Waals surface area (Å²) in [5, 5.41) is 10.5. The summed E-state index contributed by atoms with van der Waals surface area (Å²) in [5.74, 6) is -0.902. The van der Waals surface area contributed by atoms with Gasteiger partial charge < -0.3 is 14.5 Å². The van der Waals surface area contributed by atoms with Crippen LogP contribution in [0.15, 0.2) is 29.3 Å². The third-order valence-corrected chi connectivity index (χ3v) is 3.36. The number of nitrogens with zero attached hydrogens (tertiary/aromatic N) is 4. The first-order valence-corrected chi connectivity index (χ1v) is 6.93. The number of aliphatic imine (C=N–C) groups is 1. The smallest absolute Gasteiger partial charge is 0.371 e. The minimum Gasteiger partial charge on any atom is -0.371 e. The molecule has 1 amide bonds. The lowest BCUT2D eigenvalue weighted by Gasteiger charge is -2.30. The molecular formula is C14H16N4O5. The van der Waals surface area contributed by atoms with Crippen molar-refractivity contribution in [2.45, 2.75) is 0 Å². The first kappa shape index (κ1) is 16.6. The second kappa shape index (κ2) is 7.45. The van der Waals surface area contributed by atoms with Crippen LogP contribution in [0.4, 0.5) is 10.5 Å². The molecule has 9 heteroatoms. The first-order valence-electron chi connectivity index (χ1n) is 6.93. The molecule has 0 bridgehead atoms. The van der Waals surface area contributed by atoms with Crippen LogP contribution >= 0.6 is 0 Å². The minimum absolute atomic E-state index is 0.0405. The zero-order chi connectivity index (χ0) is 16.8. The average Bonchev–Trinajstić information content (AvgIpc) is 2.54. The Morgan fingerprint density at radius 3 is 2.39 bits per heavy atom. The van der Waals surface area contributed by atoms with Crippen LogP contribution in [0.1, 0.15) is 10.4 Å². The van der Waals surface area contributed by atoms with Crippen LogP contribution in [0.25, 0.3) is 0 Å². The highest BCUT2D eigenvalue weighted by Gasteiger charge is 2.15. The summed E-state index contributed by atoms with van der Waals surface area (Å²) in [6.07, 6.45) is 0.339. The van der Waals surface area contributed by atoms with Crippen molar-refractivity contribution in [1.82, 2.24) is 9.80 Å². The summed E-state index contributed by atoms with van der Waals surface area (Å²) in [4.78, 5) is 40.8. The van der Waals surface area contributed by atoms with E-state index < -0.39 is 17.0 Å². The molecule has 1 fully saturated rings. The van der Waals surface area contributed by atoms with Gasteiger partial charge in [-0.2, -0.15) is 4.99 Å². The maximum Gasteiger partial charge on any atom is 0.442 e. The third-order valence-electron chi connectivity index (χ3n) is 3.36. The van der Waals surface area contributed by atoms with Gasteiger partial charge in [-0.15, -0.1) is 0 Å². The normalized spacial score (nSPS) is 15.6. The van der Waals surface area contributed by atoms with Gasteiger partial charge >= 0.3 is 12.1 Å². The van der Waals surface area contributed by atoms with E-state index in [1.54, 1.807) is 0 Å². The summed E-state index contributed by atoms with van der Waals surface area (Å²) in [6.45, 7) is 3.21. The van der Waals surface area contributed by atoms with Crippen LogP contribution in [0.2, 0.25) is 0 Å². The number of esters is 1. The Morgan fingerprint density at radius 1 is 1.22 bits per heavy atom. The summed E-state index contributed by atoms with van der Waals surface area (Å²) >= 11 is 0. The fourth-order valence-electron chi connectivity index (χ4n) is 1.95. The predicted molar refractivity (Wildman–Crippen MR) is 81.5 cm³/mol. The van der Waals surface area contributed by atoms with Crippen molar-refractivity contribution in [3.05, 3.63) is 39.9 Å². The summed E-state index contributed by atoms with van der Waals surface area (Å²) in [7, 11) is 2.01. The quantitative estimate of drug-likeness (QED) is 0.205. The second-order valence-electron chi connectivity index (χ2n) is 5.04. The number of carbonyl (C=O) groups excluding carboxylic acids is 2. The Morgan fingerprint density at radius 2 is 1.83 bits per heavy atom. The van der Waals surface area contributed by atoms with Crippen LogP contribution < -0.4 is 0 Å². The van der Waals surface area contributed by atoms with E-state index in [4.69, 9.17) is 0 Å². The molecule has 1 aliphatic rings. The number of carbonyl (C=O) groups is 2. The van der Waals surface area contributed by atoms with E-state index in [-0.39, 0.29) is 11.3 Å². The molecule has 23 heavy (non-hydrogen) atoms. The Balaban J connectivity index is 1.86. The molecule has 0 radical (unpaired) electrons. The molecule has 0 spiro atoms. The number of benzene rings is 1. The van der Waals surface area contributed by atoms with Gasteiger partial charge in [-0.05, 0) is 19.2 Å². The fraction of sp³-hybridized carbons (Fsp3) is 0.357. The highest BCUT2D eigenvalue weighted by atomic mass is 16.6. The molecule has 1 heterocycles. The van der Waals surface area contributed by atoms with Crippen LogP contribution in [0, 0.1) is 10.1 Å². The van der Waals surface area contributed by atoms with E-state index in [9.17, 15) is 19.7 Å². The Bertz CT molecular complexity index is 621. The number of nitro benzene ring substituents is 1. The Labute approximate surface area is 132 Å². The van der Waals surface area contributed by atoms with Gasteiger partial charge in [-0.1, -0.05) is 0 Å². The number of hydrogen-bond acceptors (Lipinski definition) is 6. The van der Waals surface area contributed by atoms with Crippen LogP contribution in [0.3, 0.4) is 0 Å². The minimum atomic E-state index is -1.02. The first-order chi connectivity index (χ1) is 11.0. The summed E-state index contributed by atoms with van der Waals surface area (Å²) in [6, 6.07) is 4.76. The third kappa shape index (κ3) is 4.85. The zero-order valence-electron chi connectivity index (χ0n) is 12.5. The van der Waals surface area contributed by atoms with Gasteiger partial charge in [-0.3, -0.25) is 10.1 Å². The van der Waals surface area contributed by atoms with Crippen molar-refractivity contribution < 1.29 is 19.2 Å². The maximum atomic E-state index is 11.7. The molecule has 122 valence electrons. The highest BCUT2D eigenvalue weighted by molar-refractivity contribution is 5.97. The van der Waals surface area contributed by atoms with Gasteiger partial charge in [0.05, 0.1) is 16.8 Å². The van der Waals surface area contributed by atoms with E-state index in [0.717, 1.165) is 38.3 Å². The van der Waals surface area contributed by atoms with E-state index >= 15 is 0 Å². The SMILES string of the molecule is CN1CCN(/C=N\C(=O)OC(=O)c2ccc([N+](=O)[O-])cc2)CC1. The van der Waals surface area contributed by atoms with Gasteiger partial charge in [0.1, 0.15) is 0 Å². The van der Waals surface area contributed by atoms with E-state index in [1.165, 1.54) is 18.5 Å². The molecule has 1 saturated heterocycles. The van der Waals surface area contributed by atoms with Gasteiger partial charge in [0.25, 0.3) is 5.69 Å². The number of amides is 1. The van der Waals surface area contributed by atoms with E-state index in [2.05, 4.69) is 14.6 Å². The summed E-state index contributed by atoms with van der Waals surface area (Å²) in [5.41, 5.74) is -0.111. The molecule has 0 aromatic heterocycles. The number of hydrogen-bond donors (Lipinski definition) is 0. The van der Waals surface area contributed by atoms with Crippen molar-refractivity contribution in [3.63, 3.8) is 0 Å². The fourth-order valence-corrected chi connectivity index (χ4v) is 1.95. The van der Waals surface area contributed by atoms with Crippen molar-refractivity contribution in [1.29, 1.82) is 0 Å². The number of non-ortho nitro benzene ring substituents is 1. The van der Waals surface area contributed by atoms with Gasteiger partial charge in [0.2, 0.25) is 0 Å². The van der Waals surface area contributed by atoms with E-state index in [1.807, 2.05) is 11.9 Å². The number of rotatable bonds is 3. The molecule has 1 aromatic carbocycles. The molecule has 0 unspecified atom stereocenters. The molecular weight excluding hydrogens is 304 g/mol. The molecule has 1 aliphatic heterocycles. The lowest BCUT2D eigenvalue weighted by molar-refractivity contribution is -0.384. The molecule has 9 nitrogen and oxygen atoms in total. The Kier molecular flexibility index (Phi) is 5.36. The highest BCUT2D eigenvalue weighted by Crippen LogP contribution is 2.12. The molecule has 1 aromatic rings. The van der Waals surface area contributed by atoms with Crippen molar-refractivity contribution in [3.8, 4) is 0 Å². The predicted octanol–water partition coefficient (Wildman–Crippen LogP) is 1.15. The lowest BCUT2D eigenvalue weighted by atomic mass is 10.2. The van der Waals surface area contributed by atoms with Crippen molar-refractivity contribution in [2.24, 2.45) is 4.99 Å². The molecule has 0 N–H and O–H groups in total. The molecule has 0 saturated carbocycles. The topological polar surface area (TPSA) is 105 Å². The van der Waals surface area contributed by atoms with Crippen molar-refractivity contribution >= 4 is 24.1 Å². The molecule has 0 aliphatic carbocycles. The van der Waals surface area contributed by atoms with Gasteiger partial charge in [-0.25, -0.2) is 9.59 Å². The molecule has 2 rings (SSSR count). The lowest BCUT2D eigenvalue weighted by Crippen LogP contribution is -2.43. The van der Waals surface area contributed by atoms with Crippen LogP contribution in [-0.2, 0) is 4.74 Å². The average molecular weight is 320 g/mol. The summed E-state index contributed by atoms with van der Waals surface area (Å²) < 4.78 is 4.57. The van der Waals surface area contributed by atoms with E-state index in [0.29, 0.717) is 0 Å². The van der Waals surface area contributed by atoms with Gasteiger partial charge in [0.15, 0.2) is 0 Å². The largest absolute Gasteiger partial charge is 0.442 e.